The standard InChI is InChI=1S/C9H8Br2N2/c1-2-3-4-13-9-7(10)5-12-6-8(9)11/h5-6H,4H2,1H3,(H,12,13). The van der Waals surface area contributed by atoms with Crippen molar-refractivity contribution in [2.24, 2.45) is 0 Å². The van der Waals surface area contributed by atoms with Crippen molar-refractivity contribution in [3.8, 4) is 11.8 Å². The number of aromatic nitrogens is 1. The Bertz CT molecular complexity index is 332. The smallest absolute Gasteiger partial charge is 0.0766 e. The third-order valence-corrected chi connectivity index (χ3v) is 2.59. The molecule has 1 rings (SSSR count). The summed E-state index contributed by atoms with van der Waals surface area (Å²) in [4.78, 5) is 4.00. The van der Waals surface area contributed by atoms with E-state index in [0.717, 1.165) is 14.6 Å². The lowest BCUT2D eigenvalue weighted by Gasteiger charge is -2.06. The minimum Gasteiger partial charge on any atom is -0.372 e. The van der Waals surface area contributed by atoms with Gasteiger partial charge in [-0.2, -0.15) is 0 Å². The zero-order valence-corrected chi connectivity index (χ0v) is 10.2. The summed E-state index contributed by atoms with van der Waals surface area (Å²) >= 11 is 6.79. The first kappa shape index (κ1) is 10.6. The quantitative estimate of drug-likeness (QED) is 0.850. The van der Waals surface area contributed by atoms with Crippen LogP contribution in [0, 0.1) is 11.8 Å². The molecule has 0 aliphatic rings. The van der Waals surface area contributed by atoms with Gasteiger partial charge in [0, 0.05) is 12.4 Å². The lowest BCUT2D eigenvalue weighted by molar-refractivity contribution is 1.25. The summed E-state index contributed by atoms with van der Waals surface area (Å²) in [5.74, 6) is 5.75. The number of nitrogens with one attached hydrogen (secondary N) is 1. The van der Waals surface area contributed by atoms with Crippen LogP contribution in [0.5, 0.6) is 0 Å². The molecule has 0 bridgehead atoms. The van der Waals surface area contributed by atoms with Crippen molar-refractivity contribution in [2.75, 3.05) is 11.9 Å². The molecule has 0 radical (unpaired) electrons. The van der Waals surface area contributed by atoms with Gasteiger partial charge in [0.1, 0.15) is 0 Å². The summed E-state index contributed by atoms with van der Waals surface area (Å²) < 4.78 is 1.86. The Morgan fingerprint density at radius 2 is 2.00 bits per heavy atom. The fourth-order valence-electron chi connectivity index (χ4n) is 0.801. The van der Waals surface area contributed by atoms with E-state index in [1.165, 1.54) is 0 Å². The number of pyridine rings is 1. The molecular formula is C9H8Br2N2. The maximum atomic E-state index is 4.00. The molecule has 0 saturated heterocycles. The zero-order chi connectivity index (χ0) is 9.68. The van der Waals surface area contributed by atoms with Crippen molar-refractivity contribution in [3.63, 3.8) is 0 Å². The second-order valence-electron chi connectivity index (χ2n) is 2.26. The van der Waals surface area contributed by atoms with Crippen molar-refractivity contribution < 1.29 is 0 Å². The van der Waals surface area contributed by atoms with Crippen LogP contribution in [0.2, 0.25) is 0 Å². The van der Waals surface area contributed by atoms with Crippen LogP contribution >= 0.6 is 31.9 Å². The maximum Gasteiger partial charge on any atom is 0.0766 e. The van der Waals surface area contributed by atoms with Crippen LogP contribution < -0.4 is 5.32 Å². The molecule has 0 aromatic carbocycles. The summed E-state index contributed by atoms with van der Waals surface area (Å²) in [5, 5.41) is 3.17. The highest BCUT2D eigenvalue weighted by Crippen LogP contribution is 2.28. The number of nitrogens with zero attached hydrogens (tertiary/aromatic N) is 1. The molecule has 68 valence electrons. The predicted molar refractivity (Wildman–Crippen MR) is 61.6 cm³/mol. The van der Waals surface area contributed by atoms with Gasteiger partial charge in [-0.3, -0.25) is 4.98 Å². The minimum absolute atomic E-state index is 0.637. The van der Waals surface area contributed by atoms with E-state index in [4.69, 9.17) is 0 Å². The van der Waals surface area contributed by atoms with Crippen molar-refractivity contribution in [3.05, 3.63) is 21.3 Å². The Morgan fingerprint density at radius 1 is 1.38 bits per heavy atom. The Balaban J connectivity index is 2.79. The number of hydrogen-bond donors (Lipinski definition) is 1. The molecule has 1 heterocycles. The molecule has 1 aromatic heterocycles. The van der Waals surface area contributed by atoms with Gasteiger partial charge in [0.15, 0.2) is 0 Å². The van der Waals surface area contributed by atoms with E-state index in [1.807, 2.05) is 6.92 Å². The monoisotopic (exact) mass is 302 g/mol. The molecule has 1 N–H and O–H groups in total. The van der Waals surface area contributed by atoms with E-state index in [-0.39, 0.29) is 0 Å². The highest BCUT2D eigenvalue weighted by atomic mass is 79.9. The van der Waals surface area contributed by atoms with Crippen LogP contribution in [0.3, 0.4) is 0 Å². The van der Waals surface area contributed by atoms with Gasteiger partial charge in [-0.05, 0) is 38.8 Å². The molecule has 0 unspecified atom stereocenters. The van der Waals surface area contributed by atoms with Gasteiger partial charge in [0.05, 0.1) is 21.2 Å². The molecule has 0 amide bonds. The van der Waals surface area contributed by atoms with E-state index in [2.05, 4.69) is 54.0 Å². The van der Waals surface area contributed by atoms with E-state index < -0.39 is 0 Å². The average Bonchev–Trinajstić information content (AvgIpc) is 2.10. The minimum atomic E-state index is 0.637. The Kier molecular flexibility index (Phi) is 4.26. The van der Waals surface area contributed by atoms with Crippen LogP contribution in [0.15, 0.2) is 21.3 Å². The van der Waals surface area contributed by atoms with Crippen LogP contribution in [0.1, 0.15) is 6.92 Å². The normalized spacial score (nSPS) is 8.85. The second-order valence-corrected chi connectivity index (χ2v) is 3.97. The maximum absolute atomic E-state index is 4.00. The van der Waals surface area contributed by atoms with E-state index >= 15 is 0 Å². The topological polar surface area (TPSA) is 24.9 Å². The number of rotatable bonds is 2. The molecular weight excluding hydrogens is 296 g/mol. The molecule has 0 saturated carbocycles. The van der Waals surface area contributed by atoms with E-state index in [9.17, 15) is 0 Å². The Hall–Kier alpha value is -0.530. The summed E-state index contributed by atoms with van der Waals surface area (Å²) in [6.07, 6.45) is 3.49. The molecule has 0 aliphatic heterocycles. The van der Waals surface area contributed by atoms with Crippen LogP contribution in [-0.2, 0) is 0 Å². The summed E-state index contributed by atoms with van der Waals surface area (Å²) in [5.41, 5.74) is 0.984. The lowest BCUT2D eigenvalue weighted by atomic mass is 10.4. The number of hydrogen-bond acceptors (Lipinski definition) is 2. The Labute approximate surface area is 94.4 Å². The summed E-state index contributed by atoms with van der Waals surface area (Å²) in [6.45, 7) is 2.45. The van der Waals surface area contributed by atoms with Crippen molar-refractivity contribution in [2.45, 2.75) is 6.92 Å². The zero-order valence-electron chi connectivity index (χ0n) is 7.06. The highest BCUT2D eigenvalue weighted by Gasteiger charge is 2.02. The third kappa shape index (κ3) is 3.02. The average molecular weight is 304 g/mol. The van der Waals surface area contributed by atoms with Crippen LogP contribution in [0.25, 0.3) is 0 Å². The summed E-state index contributed by atoms with van der Waals surface area (Å²) in [7, 11) is 0. The molecule has 0 aliphatic carbocycles. The molecule has 4 heteroatoms. The van der Waals surface area contributed by atoms with Gasteiger partial charge >= 0.3 is 0 Å². The van der Waals surface area contributed by atoms with Crippen LogP contribution in [-0.4, -0.2) is 11.5 Å². The largest absolute Gasteiger partial charge is 0.372 e. The Morgan fingerprint density at radius 3 is 2.54 bits per heavy atom. The fourth-order valence-corrected chi connectivity index (χ4v) is 2.01. The van der Waals surface area contributed by atoms with Gasteiger partial charge in [-0.15, -0.1) is 5.92 Å². The van der Waals surface area contributed by atoms with Crippen molar-refractivity contribution in [1.29, 1.82) is 0 Å². The molecule has 0 spiro atoms. The lowest BCUT2D eigenvalue weighted by Crippen LogP contribution is -2.00. The molecule has 2 nitrogen and oxygen atoms in total. The van der Waals surface area contributed by atoms with Gasteiger partial charge in [0.2, 0.25) is 0 Å². The SMILES string of the molecule is CC#CCNc1c(Br)cncc1Br. The molecule has 13 heavy (non-hydrogen) atoms. The highest BCUT2D eigenvalue weighted by molar-refractivity contribution is 9.11. The fraction of sp³-hybridized carbons (Fsp3) is 0.222. The first-order chi connectivity index (χ1) is 6.25. The second kappa shape index (κ2) is 5.25. The number of anilines is 1. The first-order valence-corrected chi connectivity index (χ1v) is 5.26. The van der Waals surface area contributed by atoms with Gasteiger partial charge in [-0.25, -0.2) is 0 Å². The van der Waals surface area contributed by atoms with Gasteiger partial charge in [-0.1, -0.05) is 5.92 Å². The van der Waals surface area contributed by atoms with Gasteiger partial charge < -0.3 is 5.32 Å². The number of halogens is 2. The molecule has 0 atom stereocenters. The predicted octanol–water partition coefficient (Wildman–Crippen LogP) is 3.04. The van der Waals surface area contributed by atoms with Crippen LogP contribution in [0.4, 0.5) is 5.69 Å². The third-order valence-electron chi connectivity index (χ3n) is 1.38. The van der Waals surface area contributed by atoms with E-state index in [1.54, 1.807) is 12.4 Å². The summed E-state index contributed by atoms with van der Waals surface area (Å²) in [6, 6.07) is 0. The van der Waals surface area contributed by atoms with Crippen molar-refractivity contribution >= 4 is 37.5 Å². The molecule has 0 fully saturated rings. The van der Waals surface area contributed by atoms with E-state index in [0.29, 0.717) is 6.54 Å². The van der Waals surface area contributed by atoms with Crippen molar-refractivity contribution in [1.82, 2.24) is 4.98 Å². The molecule has 1 aromatic rings. The first-order valence-electron chi connectivity index (χ1n) is 3.68. The van der Waals surface area contributed by atoms with Gasteiger partial charge in [0.25, 0.3) is 0 Å².